The van der Waals surface area contributed by atoms with Crippen molar-refractivity contribution < 1.29 is 18.8 Å². The third kappa shape index (κ3) is 2.96. The van der Waals surface area contributed by atoms with E-state index in [-0.39, 0.29) is 12.8 Å². The zero-order chi connectivity index (χ0) is 15.4. The number of hydrogen-bond donors (Lipinski definition) is 1. The molecule has 1 aliphatic carbocycles. The fraction of sp³-hybridized carbons (Fsp3) is 0.375. The predicted octanol–water partition coefficient (Wildman–Crippen LogP) is 2.46. The monoisotopic (exact) mass is 302 g/mol. The molecule has 1 aromatic heterocycles. The van der Waals surface area contributed by atoms with Gasteiger partial charge in [0.1, 0.15) is 5.76 Å². The van der Waals surface area contributed by atoms with Gasteiger partial charge in [-0.05, 0) is 37.2 Å². The second-order valence-electron chi connectivity index (χ2n) is 5.12. The quantitative estimate of drug-likeness (QED) is 0.675. The molecule has 2 aromatic rings. The number of esters is 1. The van der Waals surface area contributed by atoms with E-state index < -0.39 is 5.97 Å². The molecule has 6 nitrogen and oxygen atoms in total. The van der Waals surface area contributed by atoms with E-state index in [0.717, 1.165) is 30.6 Å². The molecular formula is C16H18N2O4. The van der Waals surface area contributed by atoms with Gasteiger partial charge in [0, 0.05) is 12.5 Å². The van der Waals surface area contributed by atoms with E-state index in [1.54, 1.807) is 24.3 Å². The molecule has 0 saturated heterocycles. The number of benzene rings is 1. The van der Waals surface area contributed by atoms with Crippen LogP contribution in [0.4, 0.5) is 0 Å². The SMILES string of the molecule is CNC1CCCc2onc(OCOC(=O)c3ccccc3)c21. The number of carbonyl (C=O) groups excluding carboxylic acids is 1. The summed E-state index contributed by atoms with van der Waals surface area (Å²) in [5, 5.41) is 7.16. The summed E-state index contributed by atoms with van der Waals surface area (Å²) in [7, 11) is 1.89. The highest BCUT2D eigenvalue weighted by Gasteiger charge is 2.28. The van der Waals surface area contributed by atoms with Crippen LogP contribution in [0.5, 0.6) is 5.88 Å². The zero-order valence-electron chi connectivity index (χ0n) is 12.4. The van der Waals surface area contributed by atoms with Crippen molar-refractivity contribution in [3.8, 4) is 5.88 Å². The number of nitrogens with one attached hydrogen (secondary N) is 1. The molecule has 1 unspecified atom stereocenters. The Bertz CT molecular complexity index is 639. The lowest BCUT2D eigenvalue weighted by Crippen LogP contribution is -2.21. The van der Waals surface area contributed by atoms with Crippen molar-refractivity contribution in [2.75, 3.05) is 13.8 Å². The Balaban J connectivity index is 1.61. The summed E-state index contributed by atoms with van der Waals surface area (Å²) in [5.74, 6) is 0.813. The lowest BCUT2D eigenvalue weighted by Gasteiger charge is -2.20. The van der Waals surface area contributed by atoms with Crippen LogP contribution in [-0.2, 0) is 11.2 Å². The summed E-state index contributed by atoms with van der Waals surface area (Å²) in [6.07, 6.45) is 2.91. The molecule has 1 aromatic carbocycles. The highest BCUT2D eigenvalue weighted by Crippen LogP contribution is 2.35. The molecule has 22 heavy (non-hydrogen) atoms. The normalized spacial score (nSPS) is 16.9. The molecular weight excluding hydrogens is 284 g/mol. The number of aryl methyl sites for hydroxylation is 1. The highest BCUT2D eigenvalue weighted by molar-refractivity contribution is 5.89. The fourth-order valence-corrected chi connectivity index (χ4v) is 2.64. The molecule has 0 fully saturated rings. The minimum absolute atomic E-state index is 0.162. The van der Waals surface area contributed by atoms with Gasteiger partial charge in [0.15, 0.2) is 0 Å². The van der Waals surface area contributed by atoms with Crippen molar-refractivity contribution in [2.24, 2.45) is 0 Å². The Labute approximate surface area is 128 Å². The number of nitrogens with zero attached hydrogens (tertiary/aromatic N) is 1. The second kappa shape index (κ2) is 6.62. The zero-order valence-corrected chi connectivity index (χ0v) is 12.4. The molecule has 1 aliphatic rings. The Kier molecular flexibility index (Phi) is 4.39. The summed E-state index contributed by atoms with van der Waals surface area (Å²) >= 11 is 0. The highest BCUT2D eigenvalue weighted by atomic mass is 16.7. The van der Waals surface area contributed by atoms with Crippen LogP contribution in [-0.4, -0.2) is 25.0 Å². The molecule has 116 valence electrons. The van der Waals surface area contributed by atoms with E-state index in [0.29, 0.717) is 11.4 Å². The van der Waals surface area contributed by atoms with Crippen molar-refractivity contribution in [2.45, 2.75) is 25.3 Å². The van der Waals surface area contributed by atoms with Crippen molar-refractivity contribution >= 4 is 5.97 Å². The fourth-order valence-electron chi connectivity index (χ4n) is 2.64. The van der Waals surface area contributed by atoms with E-state index >= 15 is 0 Å². The molecule has 6 heteroatoms. The summed E-state index contributed by atoms with van der Waals surface area (Å²) in [6.45, 7) is -0.191. The van der Waals surface area contributed by atoms with E-state index in [1.807, 2.05) is 13.1 Å². The molecule has 3 rings (SSSR count). The number of fused-ring (bicyclic) bond motifs is 1. The van der Waals surface area contributed by atoms with E-state index in [4.69, 9.17) is 14.0 Å². The maximum absolute atomic E-state index is 11.8. The van der Waals surface area contributed by atoms with Gasteiger partial charge in [-0.3, -0.25) is 0 Å². The maximum atomic E-state index is 11.8. The van der Waals surface area contributed by atoms with Gasteiger partial charge in [-0.25, -0.2) is 4.79 Å². The van der Waals surface area contributed by atoms with Crippen molar-refractivity contribution in [1.29, 1.82) is 0 Å². The first-order valence-electron chi connectivity index (χ1n) is 7.30. The number of hydrogen-bond acceptors (Lipinski definition) is 6. The summed E-state index contributed by atoms with van der Waals surface area (Å²) in [4.78, 5) is 11.8. The first-order valence-corrected chi connectivity index (χ1v) is 7.30. The van der Waals surface area contributed by atoms with Gasteiger partial charge in [-0.15, -0.1) is 0 Å². The molecule has 0 bridgehead atoms. The van der Waals surface area contributed by atoms with Crippen LogP contribution < -0.4 is 10.1 Å². The molecule has 0 radical (unpaired) electrons. The van der Waals surface area contributed by atoms with Crippen molar-refractivity contribution in [3.05, 3.63) is 47.2 Å². The van der Waals surface area contributed by atoms with Crippen LogP contribution in [0.3, 0.4) is 0 Å². The molecule has 0 spiro atoms. The number of carbonyl (C=O) groups is 1. The average molecular weight is 302 g/mol. The van der Waals surface area contributed by atoms with Gasteiger partial charge >= 0.3 is 5.97 Å². The van der Waals surface area contributed by atoms with Crippen LogP contribution >= 0.6 is 0 Å². The van der Waals surface area contributed by atoms with Gasteiger partial charge in [0.2, 0.25) is 6.79 Å². The standard InChI is InChI=1S/C16H18N2O4/c1-17-12-8-5-9-13-14(12)15(18-22-13)20-10-21-16(19)11-6-3-2-4-7-11/h2-4,6-7,12,17H,5,8-10H2,1H3. The Morgan fingerprint density at radius 1 is 1.41 bits per heavy atom. The third-order valence-electron chi connectivity index (χ3n) is 3.76. The van der Waals surface area contributed by atoms with E-state index in [1.165, 1.54) is 0 Å². The Morgan fingerprint density at radius 2 is 2.23 bits per heavy atom. The largest absolute Gasteiger partial charge is 0.437 e. The summed E-state index contributed by atoms with van der Waals surface area (Å²) < 4.78 is 15.9. The van der Waals surface area contributed by atoms with E-state index in [2.05, 4.69) is 10.5 Å². The van der Waals surface area contributed by atoms with Crippen LogP contribution in [0, 0.1) is 0 Å². The lowest BCUT2D eigenvalue weighted by molar-refractivity contribution is 0.0128. The Morgan fingerprint density at radius 3 is 3.00 bits per heavy atom. The molecule has 1 atom stereocenters. The third-order valence-corrected chi connectivity index (χ3v) is 3.76. The minimum atomic E-state index is -0.428. The summed E-state index contributed by atoms with van der Waals surface area (Å²) in [5.41, 5.74) is 1.42. The topological polar surface area (TPSA) is 73.6 Å². The van der Waals surface area contributed by atoms with Crippen molar-refractivity contribution in [3.63, 3.8) is 0 Å². The van der Waals surface area contributed by atoms with Gasteiger partial charge in [0.25, 0.3) is 5.88 Å². The molecule has 1 heterocycles. The number of ether oxygens (including phenoxy) is 2. The lowest BCUT2D eigenvalue weighted by atomic mass is 9.93. The number of rotatable bonds is 5. The minimum Gasteiger partial charge on any atom is -0.437 e. The maximum Gasteiger partial charge on any atom is 0.340 e. The van der Waals surface area contributed by atoms with Gasteiger partial charge in [-0.2, -0.15) is 0 Å². The average Bonchev–Trinajstić information content (AvgIpc) is 2.99. The number of aromatic nitrogens is 1. The van der Waals surface area contributed by atoms with Crippen LogP contribution in [0.15, 0.2) is 34.9 Å². The first-order chi connectivity index (χ1) is 10.8. The van der Waals surface area contributed by atoms with Gasteiger partial charge < -0.3 is 19.3 Å². The van der Waals surface area contributed by atoms with E-state index in [9.17, 15) is 4.79 Å². The van der Waals surface area contributed by atoms with Crippen molar-refractivity contribution in [1.82, 2.24) is 10.5 Å². The molecule has 0 amide bonds. The smallest absolute Gasteiger partial charge is 0.340 e. The van der Waals surface area contributed by atoms with Crippen LogP contribution in [0.1, 0.15) is 40.6 Å². The van der Waals surface area contributed by atoms with Gasteiger partial charge in [0.05, 0.1) is 11.1 Å². The van der Waals surface area contributed by atoms with Crippen LogP contribution in [0.25, 0.3) is 0 Å². The second-order valence-corrected chi connectivity index (χ2v) is 5.12. The molecule has 0 saturated carbocycles. The summed E-state index contributed by atoms with van der Waals surface area (Å²) in [6, 6.07) is 8.95. The molecule has 1 N–H and O–H groups in total. The van der Waals surface area contributed by atoms with Crippen LogP contribution in [0.2, 0.25) is 0 Å². The van der Waals surface area contributed by atoms with Gasteiger partial charge in [-0.1, -0.05) is 18.2 Å². The Hall–Kier alpha value is -2.34. The molecule has 0 aliphatic heterocycles. The predicted molar refractivity (Wildman–Crippen MR) is 78.6 cm³/mol. The first kappa shape index (κ1) is 14.6.